The minimum Gasteiger partial charge on any atom is -0.507 e. The van der Waals surface area contributed by atoms with Gasteiger partial charge < -0.3 is 20.6 Å². The summed E-state index contributed by atoms with van der Waals surface area (Å²) in [5, 5.41) is 20.8. The number of aromatic nitrogens is 3. The number of phenols is 1. The van der Waals surface area contributed by atoms with E-state index in [2.05, 4.69) is 48.6 Å². The molecule has 1 saturated heterocycles. The van der Waals surface area contributed by atoms with Crippen molar-refractivity contribution >= 4 is 45.3 Å². The number of carbonyl (C=O) groups is 2. The van der Waals surface area contributed by atoms with E-state index in [0.29, 0.717) is 22.9 Å². The molecule has 3 heterocycles. The lowest BCUT2D eigenvalue weighted by atomic mass is 10.1. The monoisotopic (exact) mass is 564 g/mol. The standard InChI is InChI=1S/C18H20BrN5O.C9H9NO2/c1-23-8-6-12(7-9-23)21-17-10-15(13-4-2-3-5-16(13)25)22-18-14(19)11-20-24(17)18;1-7(12)10-9-4-2-8(6-11)3-5-9/h2-5,10-12,21,25H,6-9H2,1H3;2-6H,1H3,(H,10,12). The Kier molecular flexibility index (Phi) is 8.52. The molecule has 1 aliphatic heterocycles. The van der Waals surface area contributed by atoms with Crippen LogP contribution in [-0.4, -0.2) is 63.0 Å². The van der Waals surface area contributed by atoms with Gasteiger partial charge in [-0.1, -0.05) is 12.1 Å². The van der Waals surface area contributed by atoms with Crippen molar-refractivity contribution in [2.45, 2.75) is 25.8 Å². The van der Waals surface area contributed by atoms with Crippen LogP contribution in [0.4, 0.5) is 11.5 Å². The molecule has 0 unspecified atom stereocenters. The van der Waals surface area contributed by atoms with Gasteiger partial charge in [-0.2, -0.15) is 9.61 Å². The van der Waals surface area contributed by atoms with Gasteiger partial charge in [0.05, 0.1) is 16.4 Å². The van der Waals surface area contributed by atoms with E-state index in [1.54, 1.807) is 36.5 Å². The lowest BCUT2D eigenvalue weighted by molar-refractivity contribution is -0.114. The number of hydrogen-bond acceptors (Lipinski definition) is 7. The largest absolute Gasteiger partial charge is 0.507 e. The summed E-state index contributed by atoms with van der Waals surface area (Å²) in [6.45, 7) is 3.61. The Hall–Kier alpha value is -3.76. The first kappa shape index (κ1) is 26.3. The maximum absolute atomic E-state index is 10.6. The molecule has 0 bridgehead atoms. The second kappa shape index (κ2) is 12.0. The number of carbonyl (C=O) groups excluding carboxylic acids is 2. The molecule has 37 heavy (non-hydrogen) atoms. The first-order valence-corrected chi connectivity index (χ1v) is 12.7. The predicted octanol–water partition coefficient (Wildman–Crippen LogP) is 4.83. The van der Waals surface area contributed by atoms with Crippen LogP contribution >= 0.6 is 15.9 Å². The third kappa shape index (κ3) is 6.72. The number of aromatic hydroxyl groups is 1. The van der Waals surface area contributed by atoms with Crippen molar-refractivity contribution in [1.82, 2.24) is 19.5 Å². The molecular formula is C27H29BrN6O3. The molecule has 1 fully saturated rings. The van der Waals surface area contributed by atoms with Gasteiger partial charge in [0, 0.05) is 35.8 Å². The molecule has 0 aliphatic carbocycles. The summed E-state index contributed by atoms with van der Waals surface area (Å²) in [6, 6.07) is 16.3. The predicted molar refractivity (Wildman–Crippen MR) is 148 cm³/mol. The highest BCUT2D eigenvalue weighted by Gasteiger charge is 2.19. The zero-order valence-electron chi connectivity index (χ0n) is 20.7. The Morgan fingerprint density at radius 2 is 1.84 bits per heavy atom. The SMILES string of the molecule is CC(=O)Nc1ccc(C=O)cc1.CN1CCC(Nc2cc(-c3ccccc3O)nc3c(Br)cnn23)CC1. The maximum atomic E-state index is 10.6. The van der Waals surface area contributed by atoms with Gasteiger partial charge in [0.2, 0.25) is 5.91 Å². The molecule has 0 radical (unpaired) electrons. The van der Waals surface area contributed by atoms with Gasteiger partial charge in [-0.3, -0.25) is 9.59 Å². The number of nitrogens with zero attached hydrogens (tertiary/aromatic N) is 4. The Morgan fingerprint density at radius 3 is 2.49 bits per heavy atom. The van der Waals surface area contributed by atoms with Crippen molar-refractivity contribution in [2.75, 3.05) is 30.8 Å². The molecule has 0 atom stereocenters. The second-order valence-electron chi connectivity index (χ2n) is 8.91. The van der Waals surface area contributed by atoms with Crippen LogP contribution in [0.25, 0.3) is 16.9 Å². The average Bonchev–Trinajstić information content (AvgIpc) is 3.27. The van der Waals surface area contributed by atoms with Crippen molar-refractivity contribution in [3.63, 3.8) is 0 Å². The van der Waals surface area contributed by atoms with Crippen LogP contribution in [-0.2, 0) is 4.79 Å². The fourth-order valence-corrected chi connectivity index (χ4v) is 4.43. The van der Waals surface area contributed by atoms with Gasteiger partial charge in [-0.25, -0.2) is 4.98 Å². The molecular weight excluding hydrogens is 536 g/mol. The number of nitrogens with one attached hydrogen (secondary N) is 2. The van der Waals surface area contributed by atoms with Crippen LogP contribution < -0.4 is 10.6 Å². The lowest BCUT2D eigenvalue weighted by Crippen LogP contribution is -2.37. The highest BCUT2D eigenvalue weighted by Crippen LogP contribution is 2.31. The van der Waals surface area contributed by atoms with Gasteiger partial charge in [0.25, 0.3) is 0 Å². The summed E-state index contributed by atoms with van der Waals surface area (Å²) in [7, 11) is 2.15. The zero-order valence-corrected chi connectivity index (χ0v) is 22.3. The normalized spacial score (nSPS) is 14.0. The molecule has 2 aromatic carbocycles. The molecule has 0 saturated carbocycles. The van der Waals surface area contributed by atoms with Crippen LogP contribution in [0.15, 0.2) is 65.3 Å². The number of aldehydes is 1. The average molecular weight is 565 g/mol. The highest BCUT2D eigenvalue weighted by molar-refractivity contribution is 9.10. The molecule has 1 aliphatic rings. The number of para-hydroxylation sites is 1. The van der Waals surface area contributed by atoms with E-state index in [-0.39, 0.29) is 11.7 Å². The van der Waals surface area contributed by atoms with Gasteiger partial charge in [0.1, 0.15) is 17.9 Å². The van der Waals surface area contributed by atoms with E-state index in [0.717, 1.165) is 53.8 Å². The number of benzene rings is 2. The molecule has 3 N–H and O–H groups in total. The van der Waals surface area contributed by atoms with E-state index in [9.17, 15) is 14.7 Å². The molecule has 192 valence electrons. The third-order valence-electron chi connectivity index (χ3n) is 6.05. The number of halogens is 1. The number of phenolic OH excluding ortho intramolecular Hbond substituents is 1. The van der Waals surface area contributed by atoms with Crippen LogP contribution in [0, 0.1) is 0 Å². The van der Waals surface area contributed by atoms with E-state index in [1.165, 1.54) is 6.92 Å². The topological polar surface area (TPSA) is 112 Å². The Labute approximate surface area is 223 Å². The molecule has 0 spiro atoms. The maximum Gasteiger partial charge on any atom is 0.221 e. The van der Waals surface area contributed by atoms with E-state index in [4.69, 9.17) is 0 Å². The fraction of sp³-hybridized carbons (Fsp3) is 0.259. The zero-order chi connectivity index (χ0) is 26.4. The Balaban J connectivity index is 0.000000225. The molecule has 10 heteroatoms. The minimum atomic E-state index is -0.117. The van der Waals surface area contributed by atoms with Gasteiger partial charge in [-0.15, -0.1) is 0 Å². The van der Waals surface area contributed by atoms with Crippen molar-refractivity contribution in [3.8, 4) is 17.0 Å². The van der Waals surface area contributed by atoms with Crippen LogP contribution in [0.3, 0.4) is 0 Å². The first-order chi connectivity index (χ1) is 17.8. The van der Waals surface area contributed by atoms with E-state index in [1.807, 2.05) is 28.8 Å². The Morgan fingerprint density at radius 1 is 1.14 bits per heavy atom. The number of piperidine rings is 1. The van der Waals surface area contributed by atoms with Crippen molar-refractivity contribution in [1.29, 1.82) is 0 Å². The highest BCUT2D eigenvalue weighted by atomic mass is 79.9. The quantitative estimate of drug-likeness (QED) is 0.297. The van der Waals surface area contributed by atoms with Crippen LogP contribution in [0.5, 0.6) is 5.75 Å². The van der Waals surface area contributed by atoms with E-state index >= 15 is 0 Å². The second-order valence-corrected chi connectivity index (χ2v) is 9.77. The van der Waals surface area contributed by atoms with Gasteiger partial charge in [0.15, 0.2) is 5.65 Å². The fourth-order valence-electron chi connectivity index (χ4n) is 4.08. The summed E-state index contributed by atoms with van der Waals surface area (Å²) in [5.74, 6) is 0.998. The van der Waals surface area contributed by atoms with Crippen LogP contribution in [0.2, 0.25) is 0 Å². The van der Waals surface area contributed by atoms with Gasteiger partial charge in [-0.05, 0) is 85.3 Å². The third-order valence-corrected chi connectivity index (χ3v) is 6.61. The summed E-state index contributed by atoms with van der Waals surface area (Å²) in [4.78, 5) is 27.9. The van der Waals surface area contributed by atoms with Crippen molar-refractivity contribution in [2.24, 2.45) is 0 Å². The minimum absolute atomic E-state index is 0.117. The first-order valence-electron chi connectivity index (χ1n) is 11.9. The molecule has 9 nitrogen and oxygen atoms in total. The Bertz CT molecular complexity index is 1380. The van der Waals surface area contributed by atoms with Crippen molar-refractivity contribution in [3.05, 3.63) is 70.8 Å². The number of fused-ring (bicyclic) bond motifs is 1. The van der Waals surface area contributed by atoms with Gasteiger partial charge >= 0.3 is 0 Å². The smallest absolute Gasteiger partial charge is 0.221 e. The van der Waals surface area contributed by atoms with Crippen molar-refractivity contribution < 1.29 is 14.7 Å². The summed E-state index contributed by atoms with van der Waals surface area (Å²) < 4.78 is 2.64. The number of hydrogen-bond donors (Lipinski definition) is 3. The number of rotatable bonds is 5. The van der Waals surface area contributed by atoms with Crippen LogP contribution in [0.1, 0.15) is 30.1 Å². The summed E-state index contributed by atoms with van der Waals surface area (Å²) in [5.41, 5.74) is 3.47. The van der Waals surface area contributed by atoms with E-state index < -0.39 is 0 Å². The summed E-state index contributed by atoms with van der Waals surface area (Å²) in [6.07, 6.45) is 4.69. The lowest BCUT2D eigenvalue weighted by Gasteiger charge is -2.30. The molecule has 5 rings (SSSR count). The number of amides is 1. The summed E-state index contributed by atoms with van der Waals surface area (Å²) >= 11 is 3.52. The number of likely N-dealkylation sites (tertiary alicyclic amines) is 1. The molecule has 2 aromatic heterocycles. The number of anilines is 2. The molecule has 4 aromatic rings. The molecule has 1 amide bonds.